The monoisotopic (exact) mass is 386 g/mol. The SMILES string of the molecule is Cc1ccc(CNC(=O)NCC(=O)N2CCCC(C(=O)N3CCCC3)C2)cc1. The van der Waals surface area contributed by atoms with Crippen LogP contribution in [0.15, 0.2) is 24.3 Å². The molecule has 0 spiro atoms. The van der Waals surface area contributed by atoms with Crippen molar-refractivity contribution >= 4 is 17.8 Å². The second kappa shape index (κ2) is 9.57. The normalized spacial score (nSPS) is 19.4. The minimum absolute atomic E-state index is 0.0512. The highest BCUT2D eigenvalue weighted by molar-refractivity contribution is 5.85. The van der Waals surface area contributed by atoms with Crippen molar-refractivity contribution in [3.63, 3.8) is 0 Å². The predicted molar refractivity (Wildman–Crippen MR) is 107 cm³/mol. The summed E-state index contributed by atoms with van der Waals surface area (Å²) < 4.78 is 0. The lowest BCUT2D eigenvalue weighted by Crippen LogP contribution is -2.49. The maximum atomic E-state index is 12.6. The molecule has 2 aliphatic rings. The Morgan fingerprint density at radius 3 is 2.36 bits per heavy atom. The molecule has 28 heavy (non-hydrogen) atoms. The molecule has 3 rings (SSSR count). The summed E-state index contributed by atoms with van der Waals surface area (Å²) in [5.74, 6) is -0.0608. The first kappa shape index (κ1) is 20.2. The number of piperidine rings is 1. The van der Waals surface area contributed by atoms with E-state index in [1.54, 1.807) is 4.90 Å². The summed E-state index contributed by atoms with van der Waals surface area (Å²) in [5.41, 5.74) is 2.17. The van der Waals surface area contributed by atoms with Gasteiger partial charge in [-0.15, -0.1) is 0 Å². The number of rotatable bonds is 5. The number of hydrogen-bond donors (Lipinski definition) is 2. The first-order chi connectivity index (χ1) is 13.5. The third-order valence-electron chi connectivity index (χ3n) is 5.51. The molecule has 2 saturated heterocycles. The van der Waals surface area contributed by atoms with Crippen molar-refractivity contribution in [2.45, 2.75) is 39.2 Å². The van der Waals surface area contributed by atoms with Crippen LogP contribution in [-0.2, 0) is 16.1 Å². The molecular weight excluding hydrogens is 356 g/mol. The van der Waals surface area contributed by atoms with Crippen LogP contribution in [0.1, 0.15) is 36.8 Å². The summed E-state index contributed by atoms with van der Waals surface area (Å²) in [6.07, 6.45) is 3.81. The number of carbonyl (C=O) groups is 3. The van der Waals surface area contributed by atoms with Crippen LogP contribution in [0.4, 0.5) is 4.79 Å². The molecule has 2 N–H and O–H groups in total. The highest BCUT2D eigenvalue weighted by atomic mass is 16.2. The maximum absolute atomic E-state index is 12.6. The van der Waals surface area contributed by atoms with Crippen molar-refractivity contribution in [3.05, 3.63) is 35.4 Å². The van der Waals surface area contributed by atoms with Gasteiger partial charge in [0.1, 0.15) is 0 Å². The fraction of sp³-hybridized carbons (Fsp3) is 0.571. The number of urea groups is 1. The van der Waals surface area contributed by atoms with Crippen LogP contribution >= 0.6 is 0 Å². The minimum atomic E-state index is -0.365. The Morgan fingerprint density at radius 1 is 0.964 bits per heavy atom. The predicted octanol–water partition coefficient (Wildman–Crippen LogP) is 1.66. The van der Waals surface area contributed by atoms with Crippen LogP contribution in [0.3, 0.4) is 0 Å². The van der Waals surface area contributed by atoms with E-state index in [2.05, 4.69) is 10.6 Å². The number of aryl methyl sites for hydroxylation is 1. The second-order valence-electron chi connectivity index (χ2n) is 7.73. The minimum Gasteiger partial charge on any atom is -0.342 e. The second-order valence-corrected chi connectivity index (χ2v) is 7.73. The number of carbonyl (C=O) groups excluding carboxylic acids is 3. The quantitative estimate of drug-likeness (QED) is 0.807. The molecule has 1 unspecified atom stereocenters. The molecular formula is C21H30N4O3. The average Bonchev–Trinajstić information content (AvgIpc) is 3.26. The Bertz CT molecular complexity index is 698. The van der Waals surface area contributed by atoms with Crippen LogP contribution in [0.25, 0.3) is 0 Å². The maximum Gasteiger partial charge on any atom is 0.315 e. The molecule has 152 valence electrons. The summed E-state index contributed by atoms with van der Waals surface area (Å²) in [6.45, 7) is 5.16. The summed E-state index contributed by atoms with van der Waals surface area (Å²) >= 11 is 0. The van der Waals surface area contributed by atoms with Gasteiger partial charge < -0.3 is 20.4 Å². The fourth-order valence-corrected chi connectivity index (χ4v) is 3.82. The van der Waals surface area contributed by atoms with Crippen LogP contribution in [-0.4, -0.2) is 60.4 Å². The van der Waals surface area contributed by atoms with Crippen molar-refractivity contribution in [1.29, 1.82) is 0 Å². The van der Waals surface area contributed by atoms with E-state index in [-0.39, 0.29) is 30.3 Å². The van der Waals surface area contributed by atoms with Crippen molar-refractivity contribution in [1.82, 2.24) is 20.4 Å². The van der Waals surface area contributed by atoms with Crippen molar-refractivity contribution in [2.75, 3.05) is 32.7 Å². The van der Waals surface area contributed by atoms with Gasteiger partial charge in [-0.05, 0) is 38.2 Å². The van der Waals surface area contributed by atoms with E-state index in [4.69, 9.17) is 0 Å². The zero-order valence-electron chi connectivity index (χ0n) is 16.6. The third kappa shape index (κ3) is 5.47. The molecule has 0 aliphatic carbocycles. The Labute approximate surface area is 166 Å². The number of benzene rings is 1. The first-order valence-electron chi connectivity index (χ1n) is 10.2. The molecule has 2 fully saturated rings. The Hall–Kier alpha value is -2.57. The first-order valence-corrected chi connectivity index (χ1v) is 10.2. The van der Waals surface area contributed by atoms with Crippen LogP contribution in [0.2, 0.25) is 0 Å². The zero-order valence-corrected chi connectivity index (χ0v) is 16.6. The van der Waals surface area contributed by atoms with Gasteiger partial charge in [0.05, 0.1) is 12.5 Å². The topological polar surface area (TPSA) is 81.8 Å². The lowest BCUT2D eigenvalue weighted by molar-refractivity contribution is -0.139. The standard InChI is InChI=1S/C21H30N4O3/c1-16-6-8-17(9-7-16)13-22-21(28)23-14-19(26)25-12-4-5-18(15-25)20(27)24-10-2-3-11-24/h6-9,18H,2-5,10-15H2,1H3,(H2,22,23,28). The molecule has 0 bridgehead atoms. The summed E-state index contributed by atoms with van der Waals surface area (Å²) in [4.78, 5) is 40.6. The van der Waals surface area contributed by atoms with Gasteiger partial charge in [0.25, 0.3) is 0 Å². The average molecular weight is 386 g/mol. The number of nitrogens with zero attached hydrogens (tertiary/aromatic N) is 2. The zero-order chi connectivity index (χ0) is 19.9. The highest BCUT2D eigenvalue weighted by Gasteiger charge is 2.32. The summed E-state index contributed by atoms with van der Waals surface area (Å²) in [5, 5.41) is 5.38. The molecule has 0 radical (unpaired) electrons. The van der Waals surface area contributed by atoms with Gasteiger partial charge in [-0.3, -0.25) is 9.59 Å². The van der Waals surface area contributed by atoms with E-state index >= 15 is 0 Å². The van der Waals surface area contributed by atoms with E-state index in [0.29, 0.717) is 19.6 Å². The Balaban J connectivity index is 1.40. The van der Waals surface area contributed by atoms with Gasteiger partial charge in [0.15, 0.2) is 0 Å². The Kier molecular flexibility index (Phi) is 6.90. The molecule has 1 aromatic rings. The number of amides is 4. The fourth-order valence-electron chi connectivity index (χ4n) is 3.82. The van der Waals surface area contributed by atoms with Gasteiger partial charge in [-0.2, -0.15) is 0 Å². The van der Waals surface area contributed by atoms with E-state index in [9.17, 15) is 14.4 Å². The molecule has 0 aromatic heterocycles. The molecule has 2 aliphatic heterocycles. The third-order valence-corrected chi connectivity index (χ3v) is 5.51. The number of hydrogen-bond acceptors (Lipinski definition) is 3. The molecule has 0 saturated carbocycles. The van der Waals surface area contributed by atoms with Crippen molar-refractivity contribution in [3.8, 4) is 0 Å². The van der Waals surface area contributed by atoms with Crippen molar-refractivity contribution in [2.24, 2.45) is 5.92 Å². The molecule has 1 aromatic carbocycles. The number of likely N-dealkylation sites (tertiary alicyclic amines) is 2. The molecule has 7 nitrogen and oxygen atoms in total. The largest absolute Gasteiger partial charge is 0.342 e. The lowest BCUT2D eigenvalue weighted by Gasteiger charge is -2.34. The van der Waals surface area contributed by atoms with E-state index in [1.165, 1.54) is 5.56 Å². The van der Waals surface area contributed by atoms with Gasteiger partial charge >= 0.3 is 6.03 Å². The van der Waals surface area contributed by atoms with Crippen LogP contribution < -0.4 is 10.6 Å². The Morgan fingerprint density at radius 2 is 1.64 bits per heavy atom. The molecule has 2 heterocycles. The summed E-state index contributed by atoms with van der Waals surface area (Å²) in [6, 6.07) is 7.55. The van der Waals surface area contributed by atoms with E-state index in [0.717, 1.165) is 44.3 Å². The van der Waals surface area contributed by atoms with Crippen molar-refractivity contribution < 1.29 is 14.4 Å². The highest BCUT2D eigenvalue weighted by Crippen LogP contribution is 2.21. The van der Waals surface area contributed by atoms with Gasteiger partial charge in [0.2, 0.25) is 11.8 Å². The van der Waals surface area contributed by atoms with Gasteiger partial charge in [0, 0.05) is 32.7 Å². The molecule has 1 atom stereocenters. The smallest absolute Gasteiger partial charge is 0.315 e. The van der Waals surface area contributed by atoms with Crippen LogP contribution in [0, 0.1) is 12.8 Å². The van der Waals surface area contributed by atoms with E-state index in [1.807, 2.05) is 36.1 Å². The lowest BCUT2D eigenvalue weighted by atomic mass is 9.96. The van der Waals surface area contributed by atoms with E-state index < -0.39 is 0 Å². The molecule has 4 amide bonds. The number of nitrogens with one attached hydrogen (secondary N) is 2. The van der Waals surface area contributed by atoms with Crippen LogP contribution in [0.5, 0.6) is 0 Å². The van der Waals surface area contributed by atoms with Gasteiger partial charge in [-0.25, -0.2) is 4.79 Å². The summed E-state index contributed by atoms with van der Waals surface area (Å²) in [7, 11) is 0. The van der Waals surface area contributed by atoms with Gasteiger partial charge in [-0.1, -0.05) is 29.8 Å². The molecule has 7 heteroatoms.